The van der Waals surface area contributed by atoms with Crippen LogP contribution in [0.3, 0.4) is 0 Å². The van der Waals surface area contributed by atoms with Crippen LogP contribution in [0.25, 0.3) is 0 Å². The lowest BCUT2D eigenvalue weighted by atomic mass is 9.92. The van der Waals surface area contributed by atoms with Gasteiger partial charge in [0.05, 0.1) is 14.2 Å². The Morgan fingerprint density at radius 3 is 2.79 bits per heavy atom. The maximum absolute atomic E-state index is 10.3. The standard InChI is InChI=1S/C14H20BrNO3/c1-18-11-7-10(6-9-4-3-5-16-8-9)13(17)12(15)14(11)19-2/h7,9,16-17H,3-6,8H2,1-2H3. The Kier molecular flexibility index (Phi) is 4.93. The first kappa shape index (κ1) is 14.5. The Hall–Kier alpha value is -0.940. The van der Waals surface area contributed by atoms with Crippen LogP contribution in [0.1, 0.15) is 18.4 Å². The summed E-state index contributed by atoms with van der Waals surface area (Å²) in [6.07, 6.45) is 3.23. The molecule has 1 fully saturated rings. The van der Waals surface area contributed by atoms with Crippen molar-refractivity contribution in [2.75, 3.05) is 27.3 Å². The van der Waals surface area contributed by atoms with Crippen molar-refractivity contribution in [2.45, 2.75) is 19.3 Å². The van der Waals surface area contributed by atoms with E-state index in [-0.39, 0.29) is 5.75 Å². The van der Waals surface area contributed by atoms with Crippen LogP contribution in [0.2, 0.25) is 0 Å². The fourth-order valence-corrected chi connectivity index (χ4v) is 3.17. The topological polar surface area (TPSA) is 50.7 Å². The Bertz CT molecular complexity index is 445. The van der Waals surface area contributed by atoms with Crippen molar-refractivity contribution in [2.24, 2.45) is 5.92 Å². The molecular weight excluding hydrogens is 310 g/mol. The molecule has 0 saturated carbocycles. The molecule has 1 aliphatic heterocycles. The van der Waals surface area contributed by atoms with E-state index in [1.807, 2.05) is 6.07 Å². The van der Waals surface area contributed by atoms with Gasteiger partial charge in [0.15, 0.2) is 11.5 Å². The number of benzene rings is 1. The molecule has 1 unspecified atom stereocenters. The molecular formula is C14H20BrNO3. The maximum atomic E-state index is 10.3. The van der Waals surface area contributed by atoms with E-state index in [2.05, 4.69) is 21.2 Å². The molecule has 5 heteroatoms. The molecule has 1 aromatic carbocycles. The molecule has 2 rings (SSSR count). The number of rotatable bonds is 4. The fourth-order valence-electron chi connectivity index (χ4n) is 2.56. The lowest BCUT2D eigenvalue weighted by molar-refractivity contribution is 0.343. The van der Waals surface area contributed by atoms with Crippen molar-refractivity contribution in [3.63, 3.8) is 0 Å². The largest absolute Gasteiger partial charge is 0.506 e. The summed E-state index contributed by atoms with van der Waals surface area (Å²) in [6.45, 7) is 2.10. The average molecular weight is 330 g/mol. The molecule has 19 heavy (non-hydrogen) atoms. The van der Waals surface area contributed by atoms with E-state index < -0.39 is 0 Å². The highest BCUT2D eigenvalue weighted by Crippen LogP contribution is 2.44. The first-order valence-electron chi connectivity index (χ1n) is 6.50. The molecule has 0 aliphatic carbocycles. The van der Waals surface area contributed by atoms with E-state index in [0.29, 0.717) is 21.9 Å². The van der Waals surface area contributed by atoms with E-state index in [1.165, 1.54) is 12.8 Å². The minimum atomic E-state index is 0.253. The summed E-state index contributed by atoms with van der Waals surface area (Å²) in [5.41, 5.74) is 0.901. The number of piperidine rings is 1. The zero-order valence-corrected chi connectivity index (χ0v) is 12.9. The van der Waals surface area contributed by atoms with Gasteiger partial charge < -0.3 is 19.9 Å². The average Bonchev–Trinajstić information content (AvgIpc) is 2.45. The quantitative estimate of drug-likeness (QED) is 0.891. The number of phenolic OH excluding ortho intramolecular Hbond substituents is 1. The third-order valence-corrected chi connectivity index (χ3v) is 4.31. The molecule has 1 aromatic rings. The van der Waals surface area contributed by atoms with Crippen molar-refractivity contribution >= 4 is 15.9 Å². The number of hydrogen-bond acceptors (Lipinski definition) is 4. The Morgan fingerprint density at radius 2 is 2.21 bits per heavy atom. The van der Waals surface area contributed by atoms with Gasteiger partial charge in [0.2, 0.25) is 0 Å². The number of phenols is 1. The smallest absolute Gasteiger partial charge is 0.178 e. The highest BCUT2D eigenvalue weighted by atomic mass is 79.9. The number of methoxy groups -OCH3 is 2. The van der Waals surface area contributed by atoms with Crippen LogP contribution < -0.4 is 14.8 Å². The second-order valence-corrected chi connectivity index (χ2v) is 5.64. The summed E-state index contributed by atoms with van der Waals surface area (Å²) in [5.74, 6) is 1.99. The molecule has 1 heterocycles. The van der Waals surface area contributed by atoms with E-state index in [0.717, 1.165) is 25.1 Å². The normalized spacial score (nSPS) is 19.2. The molecule has 2 N–H and O–H groups in total. The van der Waals surface area contributed by atoms with E-state index in [9.17, 15) is 5.11 Å². The van der Waals surface area contributed by atoms with E-state index in [1.54, 1.807) is 14.2 Å². The van der Waals surface area contributed by atoms with Gasteiger partial charge in [-0.2, -0.15) is 0 Å². The van der Waals surface area contributed by atoms with Gasteiger partial charge in [0, 0.05) is 0 Å². The molecule has 0 amide bonds. The van der Waals surface area contributed by atoms with Crippen molar-refractivity contribution in [3.8, 4) is 17.2 Å². The SMILES string of the molecule is COc1cc(CC2CCCNC2)c(O)c(Br)c1OC. The molecule has 1 aliphatic rings. The van der Waals surface area contributed by atoms with Crippen LogP contribution in [-0.2, 0) is 6.42 Å². The Morgan fingerprint density at radius 1 is 1.42 bits per heavy atom. The summed E-state index contributed by atoms with van der Waals surface area (Å²) >= 11 is 3.38. The molecule has 0 bridgehead atoms. The van der Waals surface area contributed by atoms with Gasteiger partial charge in [-0.3, -0.25) is 0 Å². The number of nitrogens with one attached hydrogen (secondary N) is 1. The highest BCUT2D eigenvalue weighted by molar-refractivity contribution is 9.10. The van der Waals surface area contributed by atoms with Crippen LogP contribution in [0.4, 0.5) is 0 Å². The van der Waals surface area contributed by atoms with Gasteiger partial charge >= 0.3 is 0 Å². The summed E-state index contributed by atoms with van der Waals surface area (Å²) in [5, 5.41) is 13.6. The molecule has 1 atom stereocenters. The van der Waals surface area contributed by atoms with Gasteiger partial charge in [-0.25, -0.2) is 0 Å². The van der Waals surface area contributed by atoms with Gasteiger partial charge in [-0.15, -0.1) is 0 Å². The van der Waals surface area contributed by atoms with Crippen LogP contribution in [0.15, 0.2) is 10.5 Å². The zero-order chi connectivity index (χ0) is 13.8. The van der Waals surface area contributed by atoms with Crippen LogP contribution in [0, 0.1) is 5.92 Å². The predicted octanol–water partition coefficient (Wildman–Crippen LogP) is 2.71. The zero-order valence-electron chi connectivity index (χ0n) is 11.3. The molecule has 4 nitrogen and oxygen atoms in total. The Balaban J connectivity index is 2.26. The number of aromatic hydroxyl groups is 1. The van der Waals surface area contributed by atoms with Crippen LogP contribution in [-0.4, -0.2) is 32.4 Å². The number of ether oxygens (including phenoxy) is 2. The van der Waals surface area contributed by atoms with E-state index in [4.69, 9.17) is 9.47 Å². The molecule has 1 saturated heterocycles. The van der Waals surface area contributed by atoms with Gasteiger partial charge in [0.1, 0.15) is 10.2 Å². The van der Waals surface area contributed by atoms with Crippen molar-refractivity contribution in [1.29, 1.82) is 0 Å². The first-order valence-corrected chi connectivity index (χ1v) is 7.29. The highest BCUT2D eigenvalue weighted by Gasteiger charge is 2.21. The van der Waals surface area contributed by atoms with Gasteiger partial charge in [-0.05, 0) is 65.8 Å². The predicted molar refractivity (Wildman–Crippen MR) is 78.2 cm³/mol. The van der Waals surface area contributed by atoms with E-state index >= 15 is 0 Å². The fraction of sp³-hybridized carbons (Fsp3) is 0.571. The molecule has 0 radical (unpaired) electrons. The maximum Gasteiger partial charge on any atom is 0.178 e. The molecule has 106 valence electrons. The summed E-state index contributed by atoms with van der Waals surface area (Å²) in [6, 6.07) is 1.87. The summed E-state index contributed by atoms with van der Waals surface area (Å²) in [7, 11) is 3.17. The van der Waals surface area contributed by atoms with Crippen molar-refractivity contribution in [3.05, 3.63) is 16.1 Å². The summed E-state index contributed by atoms with van der Waals surface area (Å²) < 4.78 is 11.1. The van der Waals surface area contributed by atoms with Crippen LogP contribution >= 0.6 is 15.9 Å². The Labute approximate surface area is 122 Å². The van der Waals surface area contributed by atoms with Gasteiger partial charge in [-0.1, -0.05) is 0 Å². The first-order chi connectivity index (χ1) is 9.17. The summed E-state index contributed by atoms with van der Waals surface area (Å²) in [4.78, 5) is 0. The minimum absolute atomic E-state index is 0.253. The van der Waals surface area contributed by atoms with Crippen molar-refractivity contribution in [1.82, 2.24) is 5.32 Å². The number of hydrogen-bond donors (Lipinski definition) is 2. The minimum Gasteiger partial charge on any atom is -0.506 e. The van der Waals surface area contributed by atoms with Crippen molar-refractivity contribution < 1.29 is 14.6 Å². The lowest BCUT2D eigenvalue weighted by Crippen LogP contribution is -2.30. The second-order valence-electron chi connectivity index (χ2n) is 4.85. The lowest BCUT2D eigenvalue weighted by Gasteiger charge is -2.24. The van der Waals surface area contributed by atoms with Gasteiger partial charge in [0.25, 0.3) is 0 Å². The monoisotopic (exact) mass is 329 g/mol. The molecule has 0 spiro atoms. The number of halogens is 1. The second kappa shape index (κ2) is 6.48. The van der Waals surface area contributed by atoms with Crippen LogP contribution in [0.5, 0.6) is 17.2 Å². The molecule has 0 aromatic heterocycles. The third-order valence-electron chi connectivity index (χ3n) is 3.57. The third kappa shape index (κ3) is 3.15.